The van der Waals surface area contributed by atoms with Gasteiger partial charge in [0.05, 0.1) is 13.3 Å². The van der Waals surface area contributed by atoms with Crippen LogP contribution in [0.5, 0.6) is 17.2 Å². The minimum atomic E-state index is -0.882. The van der Waals surface area contributed by atoms with Gasteiger partial charge in [0, 0.05) is 5.69 Å². The average molecular weight is 341 g/mol. The van der Waals surface area contributed by atoms with Gasteiger partial charge in [-0.25, -0.2) is 5.43 Å². The van der Waals surface area contributed by atoms with Gasteiger partial charge in [0.2, 0.25) is 6.79 Å². The molecule has 25 heavy (non-hydrogen) atoms. The van der Waals surface area contributed by atoms with Gasteiger partial charge < -0.3 is 19.5 Å². The van der Waals surface area contributed by atoms with E-state index in [9.17, 15) is 9.59 Å². The number of carbonyl (C=O) groups is 2. The van der Waals surface area contributed by atoms with Crippen LogP contribution in [-0.2, 0) is 9.59 Å². The fourth-order valence-corrected chi connectivity index (χ4v) is 2.07. The van der Waals surface area contributed by atoms with Crippen molar-refractivity contribution in [3.05, 3.63) is 48.0 Å². The van der Waals surface area contributed by atoms with Gasteiger partial charge in [0.1, 0.15) is 5.75 Å². The number of ether oxygens (including phenoxy) is 3. The Labute approximate surface area is 143 Å². The van der Waals surface area contributed by atoms with Gasteiger partial charge in [0.25, 0.3) is 0 Å². The number of anilines is 1. The van der Waals surface area contributed by atoms with Gasteiger partial charge in [-0.1, -0.05) is 0 Å². The second-order valence-electron chi connectivity index (χ2n) is 4.99. The molecular formula is C17H15N3O5. The van der Waals surface area contributed by atoms with Crippen molar-refractivity contribution in [2.24, 2.45) is 5.10 Å². The molecular weight excluding hydrogens is 326 g/mol. The molecule has 0 aromatic heterocycles. The van der Waals surface area contributed by atoms with Crippen molar-refractivity contribution in [2.45, 2.75) is 0 Å². The number of nitrogens with one attached hydrogen (secondary N) is 2. The summed E-state index contributed by atoms with van der Waals surface area (Å²) in [4.78, 5) is 23.5. The molecule has 0 bridgehead atoms. The summed E-state index contributed by atoms with van der Waals surface area (Å²) in [6.45, 7) is 0.179. The molecule has 0 saturated heterocycles. The molecule has 2 aromatic carbocycles. The normalized spacial score (nSPS) is 12.0. The molecule has 3 rings (SSSR count). The zero-order chi connectivity index (χ0) is 17.6. The van der Waals surface area contributed by atoms with Crippen molar-refractivity contribution < 1.29 is 23.8 Å². The molecule has 8 heteroatoms. The predicted molar refractivity (Wildman–Crippen MR) is 89.9 cm³/mol. The second-order valence-corrected chi connectivity index (χ2v) is 4.99. The topological polar surface area (TPSA) is 98.2 Å². The molecule has 2 aromatic rings. The smallest absolute Gasteiger partial charge is 0.329 e. The van der Waals surface area contributed by atoms with E-state index in [1.165, 1.54) is 6.21 Å². The Bertz CT molecular complexity index is 818. The van der Waals surface area contributed by atoms with E-state index in [0.717, 1.165) is 0 Å². The van der Waals surface area contributed by atoms with Crippen molar-refractivity contribution in [3.8, 4) is 17.2 Å². The predicted octanol–water partition coefficient (Wildman–Crippen LogP) is 1.51. The maximum absolute atomic E-state index is 11.8. The second kappa shape index (κ2) is 7.35. The molecule has 0 saturated carbocycles. The van der Waals surface area contributed by atoms with Gasteiger partial charge in [-0.05, 0) is 48.0 Å². The summed E-state index contributed by atoms with van der Waals surface area (Å²) in [6, 6.07) is 11.8. The SMILES string of the molecule is COc1ccc(NC(=O)C(=O)N/N=C\c2ccc3c(c2)OCO3)cc1. The lowest BCUT2D eigenvalue weighted by Crippen LogP contribution is -2.32. The first-order chi connectivity index (χ1) is 12.2. The van der Waals surface area contributed by atoms with E-state index < -0.39 is 11.8 Å². The summed E-state index contributed by atoms with van der Waals surface area (Å²) in [5.41, 5.74) is 3.33. The molecule has 0 unspecified atom stereocenters. The van der Waals surface area contributed by atoms with Crippen molar-refractivity contribution in [3.63, 3.8) is 0 Å². The molecule has 2 amide bonds. The largest absolute Gasteiger partial charge is 0.497 e. The fraction of sp³-hybridized carbons (Fsp3) is 0.118. The van der Waals surface area contributed by atoms with E-state index in [4.69, 9.17) is 14.2 Å². The van der Waals surface area contributed by atoms with Crippen LogP contribution in [0, 0.1) is 0 Å². The zero-order valence-corrected chi connectivity index (χ0v) is 13.3. The number of hydrogen-bond donors (Lipinski definition) is 2. The van der Waals surface area contributed by atoms with Crippen LogP contribution < -0.4 is 25.0 Å². The van der Waals surface area contributed by atoms with Crippen molar-refractivity contribution in [1.82, 2.24) is 5.43 Å². The zero-order valence-electron chi connectivity index (χ0n) is 13.3. The van der Waals surface area contributed by atoms with Crippen molar-refractivity contribution >= 4 is 23.7 Å². The standard InChI is InChI=1S/C17H15N3O5/c1-23-13-5-3-12(4-6-13)19-16(21)17(22)20-18-9-11-2-7-14-15(8-11)25-10-24-14/h2-9H,10H2,1H3,(H,19,21)(H,20,22)/b18-9-. The number of amides is 2. The third-order valence-corrected chi connectivity index (χ3v) is 3.33. The molecule has 1 aliphatic heterocycles. The van der Waals surface area contributed by atoms with Crippen LogP contribution in [0.1, 0.15) is 5.56 Å². The highest BCUT2D eigenvalue weighted by Crippen LogP contribution is 2.31. The van der Waals surface area contributed by atoms with Crippen molar-refractivity contribution in [2.75, 3.05) is 19.2 Å². The van der Waals surface area contributed by atoms with Crippen LogP contribution in [0.25, 0.3) is 0 Å². The third-order valence-electron chi connectivity index (χ3n) is 3.33. The number of benzene rings is 2. The maximum Gasteiger partial charge on any atom is 0.329 e. The summed E-state index contributed by atoms with van der Waals surface area (Å²) in [5.74, 6) is 0.198. The number of methoxy groups -OCH3 is 1. The first-order valence-corrected chi connectivity index (χ1v) is 7.34. The van der Waals surface area contributed by atoms with Crippen LogP contribution >= 0.6 is 0 Å². The van der Waals surface area contributed by atoms with Gasteiger partial charge in [0.15, 0.2) is 11.5 Å². The maximum atomic E-state index is 11.8. The Morgan fingerprint density at radius 3 is 2.60 bits per heavy atom. The molecule has 0 fully saturated rings. The van der Waals surface area contributed by atoms with Gasteiger partial charge in [-0.3, -0.25) is 9.59 Å². The van der Waals surface area contributed by atoms with E-state index in [1.54, 1.807) is 49.6 Å². The summed E-state index contributed by atoms with van der Waals surface area (Å²) < 4.78 is 15.5. The molecule has 0 atom stereocenters. The van der Waals surface area contributed by atoms with Gasteiger partial charge in [-0.2, -0.15) is 5.10 Å². The fourth-order valence-electron chi connectivity index (χ4n) is 2.07. The lowest BCUT2D eigenvalue weighted by molar-refractivity contribution is -0.136. The lowest BCUT2D eigenvalue weighted by atomic mass is 10.2. The Kier molecular flexibility index (Phi) is 4.79. The first kappa shape index (κ1) is 16.3. The van der Waals surface area contributed by atoms with Crippen LogP contribution in [0.15, 0.2) is 47.6 Å². The van der Waals surface area contributed by atoms with E-state index >= 15 is 0 Å². The van der Waals surface area contributed by atoms with E-state index in [2.05, 4.69) is 15.8 Å². The number of fused-ring (bicyclic) bond motifs is 1. The molecule has 1 heterocycles. The summed E-state index contributed by atoms with van der Waals surface area (Å²) >= 11 is 0. The van der Waals surface area contributed by atoms with E-state index in [0.29, 0.717) is 28.5 Å². The summed E-state index contributed by atoms with van der Waals surface area (Å²) in [7, 11) is 1.54. The van der Waals surface area contributed by atoms with E-state index in [1.807, 2.05) is 0 Å². The Balaban J connectivity index is 1.53. The quantitative estimate of drug-likeness (QED) is 0.499. The molecule has 8 nitrogen and oxygen atoms in total. The Morgan fingerprint density at radius 1 is 1.08 bits per heavy atom. The first-order valence-electron chi connectivity index (χ1n) is 7.34. The Morgan fingerprint density at radius 2 is 1.84 bits per heavy atom. The highest BCUT2D eigenvalue weighted by Gasteiger charge is 2.14. The number of hydrogen-bond acceptors (Lipinski definition) is 6. The average Bonchev–Trinajstić information content (AvgIpc) is 3.10. The van der Waals surface area contributed by atoms with Crippen LogP contribution in [-0.4, -0.2) is 31.9 Å². The molecule has 1 aliphatic rings. The lowest BCUT2D eigenvalue weighted by Gasteiger charge is -2.05. The van der Waals surface area contributed by atoms with E-state index in [-0.39, 0.29) is 6.79 Å². The molecule has 2 N–H and O–H groups in total. The van der Waals surface area contributed by atoms with Crippen molar-refractivity contribution in [1.29, 1.82) is 0 Å². The van der Waals surface area contributed by atoms with Gasteiger partial charge >= 0.3 is 11.8 Å². The molecule has 0 radical (unpaired) electrons. The molecule has 0 aliphatic carbocycles. The molecule has 128 valence electrons. The third kappa shape index (κ3) is 4.05. The highest BCUT2D eigenvalue weighted by molar-refractivity contribution is 6.39. The van der Waals surface area contributed by atoms with Crippen LogP contribution in [0.4, 0.5) is 5.69 Å². The van der Waals surface area contributed by atoms with Crippen LogP contribution in [0.3, 0.4) is 0 Å². The number of nitrogens with zero attached hydrogens (tertiary/aromatic N) is 1. The van der Waals surface area contributed by atoms with Gasteiger partial charge in [-0.15, -0.1) is 0 Å². The summed E-state index contributed by atoms with van der Waals surface area (Å²) in [5, 5.41) is 6.21. The number of rotatable bonds is 4. The number of carbonyl (C=O) groups excluding carboxylic acids is 2. The number of hydrazone groups is 1. The minimum Gasteiger partial charge on any atom is -0.497 e. The van der Waals surface area contributed by atoms with Crippen LogP contribution in [0.2, 0.25) is 0 Å². The molecule has 0 spiro atoms. The minimum absolute atomic E-state index is 0.179. The summed E-state index contributed by atoms with van der Waals surface area (Å²) in [6.07, 6.45) is 1.40. The Hall–Kier alpha value is -3.55. The highest BCUT2D eigenvalue weighted by atomic mass is 16.7. The monoisotopic (exact) mass is 341 g/mol.